The van der Waals surface area contributed by atoms with Crippen molar-refractivity contribution in [2.45, 2.75) is 59.9 Å². The second-order valence-electron chi connectivity index (χ2n) is 3.15. The summed E-state index contributed by atoms with van der Waals surface area (Å²) >= 11 is 0. The molecule has 0 aliphatic heterocycles. The van der Waals surface area contributed by atoms with E-state index < -0.39 is 18.3 Å². The SMILES string of the molecule is CC(C)[O-].CC(C)[O-].CC(C)[O-].[Os]. The number of hydrogen-bond donors (Lipinski definition) is 0. The van der Waals surface area contributed by atoms with Gasteiger partial charge in [-0.05, 0) is 0 Å². The summed E-state index contributed by atoms with van der Waals surface area (Å²) in [5.41, 5.74) is 0. The average molecular weight is 367 g/mol. The Balaban J connectivity index is -0.0000000450. The number of hydrogen-bond acceptors (Lipinski definition) is 3. The molecule has 0 radical (unpaired) electrons. The van der Waals surface area contributed by atoms with E-state index in [1.807, 2.05) is 0 Å². The minimum Gasteiger partial charge on any atom is -0.852 e. The summed E-state index contributed by atoms with van der Waals surface area (Å²) in [6, 6.07) is 0. The van der Waals surface area contributed by atoms with E-state index in [-0.39, 0.29) is 19.8 Å². The largest absolute Gasteiger partial charge is 0.852 e. The van der Waals surface area contributed by atoms with E-state index in [4.69, 9.17) is 0 Å². The van der Waals surface area contributed by atoms with E-state index in [0.29, 0.717) is 0 Å². The summed E-state index contributed by atoms with van der Waals surface area (Å²) in [6.45, 7) is 9.67. The molecule has 0 N–H and O–H groups in total. The van der Waals surface area contributed by atoms with Crippen LogP contribution in [0.1, 0.15) is 41.5 Å². The van der Waals surface area contributed by atoms with E-state index in [1.165, 1.54) is 0 Å². The van der Waals surface area contributed by atoms with Crippen molar-refractivity contribution in [3.05, 3.63) is 0 Å². The molecular weight excluding hydrogens is 346 g/mol. The smallest absolute Gasteiger partial charge is 0 e. The molecule has 0 fully saturated rings. The third-order valence-electron chi connectivity index (χ3n) is 0. The van der Waals surface area contributed by atoms with Crippen molar-refractivity contribution in [3.63, 3.8) is 0 Å². The van der Waals surface area contributed by atoms with Gasteiger partial charge in [0.2, 0.25) is 0 Å². The number of rotatable bonds is 0. The van der Waals surface area contributed by atoms with Crippen LogP contribution in [0.4, 0.5) is 0 Å². The molecule has 0 rings (SSSR count). The summed E-state index contributed by atoms with van der Waals surface area (Å²) in [6.07, 6.45) is -1.25. The molecule has 0 aliphatic rings. The first-order valence-corrected chi connectivity index (χ1v) is 4.17. The quantitative estimate of drug-likeness (QED) is 0.566. The second-order valence-corrected chi connectivity index (χ2v) is 3.15. The van der Waals surface area contributed by atoms with Crippen LogP contribution in [0.5, 0.6) is 0 Å². The molecule has 0 unspecified atom stereocenters. The topological polar surface area (TPSA) is 69.2 Å². The molecule has 0 amide bonds. The van der Waals surface area contributed by atoms with Crippen molar-refractivity contribution < 1.29 is 35.1 Å². The van der Waals surface area contributed by atoms with Crippen molar-refractivity contribution in [3.8, 4) is 0 Å². The maximum absolute atomic E-state index is 9.53. The van der Waals surface area contributed by atoms with Gasteiger partial charge in [0.05, 0.1) is 0 Å². The molecule has 0 saturated carbocycles. The Bertz CT molecular complexity index is 43.4. The Morgan fingerprint density at radius 3 is 0.538 bits per heavy atom. The van der Waals surface area contributed by atoms with Gasteiger partial charge in [0.1, 0.15) is 0 Å². The summed E-state index contributed by atoms with van der Waals surface area (Å²) in [5.74, 6) is 0. The monoisotopic (exact) mass is 369 g/mol. The third-order valence-corrected chi connectivity index (χ3v) is 0. The van der Waals surface area contributed by atoms with Crippen LogP contribution in [0.3, 0.4) is 0 Å². The van der Waals surface area contributed by atoms with Crippen LogP contribution >= 0.6 is 0 Å². The van der Waals surface area contributed by atoms with Crippen LogP contribution in [0.15, 0.2) is 0 Å². The first-order valence-electron chi connectivity index (χ1n) is 4.17. The van der Waals surface area contributed by atoms with Crippen molar-refractivity contribution in [1.82, 2.24) is 0 Å². The summed E-state index contributed by atoms with van der Waals surface area (Å²) < 4.78 is 0. The van der Waals surface area contributed by atoms with E-state index in [9.17, 15) is 15.3 Å². The van der Waals surface area contributed by atoms with Crippen molar-refractivity contribution in [2.75, 3.05) is 0 Å². The predicted octanol–water partition coefficient (Wildman–Crippen LogP) is -0.737. The van der Waals surface area contributed by atoms with E-state index >= 15 is 0 Å². The van der Waals surface area contributed by atoms with Crippen molar-refractivity contribution >= 4 is 0 Å². The maximum Gasteiger partial charge on any atom is 0 e. The standard InChI is InChI=1S/3C3H7O.Os/c3*1-3(2)4;/h3*3H,1-2H3;/q3*-1;. The average Bonchev–Trinajstić information content (AvgIpc) is 1.54. The normalized spacial score (nSPS) is 8.31. The molecule has 0 aromatic heterocycles. The minimum atomic E-state index is -0.417. The fourth-order valence-electron chi connectivity index (χ4n) is 0. The fourth-order valence-corrected chi connectivity index (χ4v) is 0. The van der Waals surface area contributed by atoms with Gasteiger partial charge < -0.3 is 15.3 Å². The van der Waals surface area contributed by atoms with Crippen LogP contribution in [-0.4, -0.2) is 18.3 Å². The van der Waals surface area contributed by atoms with Gasteiger partial charge >= 0.3 is 0 Å². The maximum atomic E-state index is 9.53. The predicted molar refractivity (Wildman–Crippen MR) is 45.4 cm³/mol. The Hall–Kier alpha value is 0.516. The third kappa shape index (κ3) is 5190. The van der Waals surface area contributed by atoms with Gasteiger partial charge in [-0.25, -0.2) is 0 Å². The van der Waals surface area contributed by atoms with Crippen molar-refractivity contribution in [1.29, 1.82) is 0 Å². The van der Waals surface area contributed by atoms with Crippen molar-refractivity contribution in [2.24, 2.45) is 0 Å². The zero-order valence-electron chi connectivity index (χ0n) is 9.31. The molecule has 13 heavy (non-hydrogen) atoms. The van der Waals surface area contributed by atoms with E-state index in [1.54, 1.807) is 41.5 Å². The fraction of sp³-hybridized carbons (Fsp3) is 1.00. The Kier molecular flexibility index (Phi) is 33.0. The molecule has 0 atom stereocenters. The Morgan fingerprint density at radius 1 is 0.538 bits per heavy atom. The van der Waals surface area contributed by atoms with Gasteiger partial charge in [-0.15, -0.1) is 18.3 Å². The first-order chi connectivity index (χ1) is 5.20. The first kappa shape index (κ1) is 23.4. The Labute approximate surface area is 95.2 Å². The van der Waals surface area contributed by atoms with Gasteiger partial charge in [0, 0.05) is 19.8 Å². The summed E-state index contributed by atoms with van der Waals surface area (Å²) in [4.78, 5) is 0. The molecular formula is C9H21O3Os-3. The van der Waals surface area contributed by atoms with Crippen LogP contribution in [0, 0.1) is 0 Å². The molecule has 3 nitrogen and oxygen atoms in total. The van der Waals surface area contributed by atoms with Crippen LogP contribution in [0.2, 0.25) is 0 Å². The Morgan fingerprint density at radius 2 is 0.538 bits per heavy atom. The van der Waals surface area contributed by atoms with E-state index in [2.05, 4.69) is 0 Å². The van der Waals surface area contributed by atoms with Gasteiger partial charge in [-0.3, -0.25) is 0 Å². The molecule has 86 valence electrons. The van der Waals surface area contributed by atoms with Gasteiger partial charge in [0.25, 0.3) is 0 Å². The van der Waals surface area contributed by atoms with Gasteiger partial charge in [0.15, 0.2) is 0 Å². The van der Waals surface area contributed by atoms with E-state index in [0.717, 1.165) is 0 Å². The van der Waals surface area contributed by atoms with Crippen LogP contribution in [0.25, 0.3) is 0 Å². The molecule has 0 aliphatic carbocycles. The molecule has 0 heterocycles. The molecule has 0 aromatic rings. The summed E-state index contributed by atoms with van der Waals surface area (Å²) in [5, 5.41) is 28.6. The molecule has 0 saturated heterocycles. The summed E-state index contributed by atoms with van der Waals surface area (Å²) in [7, 11) is 0. The molecule has 0 aromatic carbocycles. The zero-order chi connectivity index (χ0) is 10.7. The molecule has 4 heteroatoms. The molecule has 0 bridgehead atoms. The molecule has 0 spiro atoms. The second kappa shape index (κ2) is 18.3. The zero-order valence-corrected chi connectivity index (χ0v) is 11.9. The van der Waals surface area contributed by atoms with Crippen LogP contribution < -0.4 is 15.3 Å². The van der Waals surface area contributed by atoms with Gasteiger partial charge in [-0.1, -0.05) is 41.5 Å². The minimum absolute atomic E-state index is 0. The van der Waals surface area contributed by atoms with Crippen LogP contribution in [-0.2, 0) is 19.8 Å². The van der Waals surface area contributed by atoms with Gasteiger partial charge in [-0.2, -0.15) is 0 Å².